The fourth-order valence-electron chi connectivity index (χ4n) is 3.14. The molecule has 0 fully saturated rings. The maximum atomic E-state index is 12.9. The first-order valence-electron chi connectivity index (χ1n) is 8.73. The van der Waals surface area contributed by atoms with Gasteiger partial charge in [0.25, 0.3) is 5.91 Å². The summed E-state index contributed by atoms with van der Waals surface area (Å²) in [6.45, 7) is 0. The normalized spacial score (nSPS) is 13.5. The third-order valence-electron chi connectivity index (χ3n) is 4.72. The van der Waals surface area contributed by atoms with Crippen molar-refractivity contribution < 1.29 is 13.2 Å². The van der Waals surface area contributed by atoms with Gasteiger partial charge in [-0.1, -0.05) is 11.6 Å². The van der Waals surface area contributed by atoms with Crippen molar-refractivity contribution >= 4 is 56.4 Å². The molecule has 1 aromatic heterocycles. The Morgan fingerprint density at radius 2 is 1.73 bits per heavy atom. The molecule has 3 N–H and O–H groups in total. The number of carbonyl (C=O) groups excluding carboxylic acids is 1. The maximum absolute atomic E-state index is 12.9. The number of anilines is 5. The van der Waals surface area contributed by atoms with Crippen molar-refractivity contribution in [2.24, 2.45) is 5.14 Å². The summed E-state index contributed by atoms with van der Waals surface area (Å²) in [5.41, 5.74) is 2.23. The van der Waals surface area contributed by atoms with Crippen LogP contribution in [0, 0.1) is 0 Å². The number of nitrogens with one attached hydrogen (secondary N) is 1. The van der Waals surface area contributed by atoms with Crippen LogP contribution in [0.1, 0.15) is 10.4 Å². The number of nitrogens with zero attached hydrogens (tertiary/aromatic N) is 4. The molecule has 3 aromatic rings. The second kappa shape index (κ2) is 7.24. The van der Waals surface area contributed by atoms with Gasteiger partial charge in [0.2, 0.25) is 16.0 Å². The molecule has 0 radical (unpaired) electrons. The second-order valence-electron chi connectivity index (χ2n) is 6.68. The Kier molecular flexibility index (Phi) is 4.85. The Balaban J connectivity index is 1.72. The van der Waals surface area contributed by atoms with E-state index in [1.807, 2.05) is 0 Å². The molecule has 154 valence electrons. The molecular weight excluding hydrogens is 428 g/mol. The maximum Gasteiger partial charge on any atom is 0.260 e. The van der Waals surface area contributed by atoms with Crippen molar-refractivity contribution in [3.05, 3.63) is 59.2 Å². The molecule has 11 heteroatoms. The van der Waals surface area contributed by atoms with E-state index in [9.17, 15) is 13.2 Å². The van der Waals surface area contributed by atoms with E-state index >= 15 is 0 Å². The highest BCUT2D eigenvalue weighted by Crippen LogP contribution is 2.38. The summed E-state index contributed by atoms with van der Waals surface area (Å²) in [5.74, 6) is 0.578. The molecule has 0 bridgehead atoms. The van der Waals surface area contributed by atoms with E-state index in [-0.39, 0.29) is 16.8 Å². The van der Waals surface area contributed by atoms with Gasteiger partial charge in [-0.15, -0.1) is 0 Å². The lowest BCUT2D eigenvalue weighted by molar-refractivity contribution is 0.0994. The van der Waals surface area contributed by atoms with Gasteiger partial charge in [0, 0.05) is 24.8 Å². The van der Waals surface area contributed by atoms with Crippen LogP contribution in [0.2, 0.25) is 5.02 Å². The molecule has 0 saturated heterocycles. The number of carbonyl (C=O) groups is 1. The number of fused-ring (bicyclic) bond motifs is 2. The highest BCUT2D eigenvalue weighted by atomic mass is 35.5. The van der Waals surface area contributed by atoms with E-state index in [1.54, 1.807) is 55.5 Å². The molecule has 0 aliphatic carbocycles. The molecule has 2 heterocycles. The van der Waals surface area contributed by atoms with Crippen molar-refractivity contribution in [2.45, 2.75) is 4.90 Å². The topological polar surface area (TPSA) is 122 Å². The molecule has 2 aromatic carbocycles. The molecule has 4 rings (SSSR count). The first-order valence-corrected chi connectivity index (χ1v) is 10.7. The van der Waals surface area contributed by atoms with E-state index in [0.29, 0.717) is 33.5 Å². The van der Waals surface area contributed by atoms with Gasteiger partial charge in [-0.25, -0.2) is 18.5 Å². The Bertz CT molecular complexity index is 1260. The lowest BCUT2D eigenvalue weighted by Gasteiger charge is -2.21. The highest BCUT2D eigenvalue weighted by molar-refractivity contribution is 7.89. The van der Waals surface area contributed by atoms with Crippen LogP contribution in [0.25, 0.3) is 0 Å². The summed E-state index contributed by atoms with van der Waals surface area (Å²) < 4.78 is 22.8. The number of primary sulfonamides is 1. The number of sulfonamides is 1. The number of hydrogen-bond acceptors (Lipinski definition) is 7. The van der Waals surface area contributed by atoms with Gasteiger partial charge in [-0.2, -0.15) is 4.98 Å². The lowest BCUT2D eigenvalue weighted by atomic mass is 10.1. The largest absolute Gasteiger partial charge is 0.327 e. The van der Waals surface area contributed by atoms with Crippen LogP contribution in [0.15, 0.2) is 53.6 Å². The summed E-state index contributed by atoms with van der Waals surface area (Å²) >= 11 is 6.08. The zero-order chi connectivity index (χ0) is 21.6. The lowest BCUT2D eigenvalue weighted by Crippen LogP contribution is -2.25. The van der Waals surface area contributed by atoms with Crippen molar-refractivity contribution in [2.75, 3.05) is 29.2 Å². The van der Waals surface area contributed by atoms with Crippen LogP contribution in [0.3, 0.4) is 0 Å². The van der Waals surface area contributed by atoms with Crippen molar-refractivity contribution in [1.82, 2.24) is 9.97 Å². The monoisotopic (exact) mass is 444 g/mol. The number of amides is 1. The van der Waals surface area contributed by atoms with E-state index < -0.39 is 10.0 Å². The molecule has 1 aliphatic heterocycles. The van der Waals surface area contributed by atoms with Crippen LogP contribution in [0.5, 0.6) is 0 Å². The van der Waals surface area contributed by atoms with E-state index in [0.717, 1.165) is 0 Å². The molecule has 9 nitrogen and oxygen atoms in total. The van der Waals surface area contributed by atoms with Gasteiger partial charge in [0.05, 0.1) is 22.3 Å². The zero-order valence-electron chi connectivity index (χ0n) is 16.0. The van der Waals surface area contributed by atoms with Gasteiger partial charge < -0.3 is 15.1 Å². The molecular formula is C19H17ClN6O3S. The van der Waals surface area contributed by atoms with Gasteiger partial charge >= 0.3 is 0 Å². The molecule has 0 spiro atoms. The second-order valence-corrected chi connectivity index (χ2v) is 8.68. The number of hydrogen-bond donors (Lipinski definition) is 2. The predicted molar refractivity (Wildman–Crippen MR) is 115 cm³/mol. The smallest absolute Gasteiger partial charge is 0.260 e. The summed E-state index contributed by atoms with van der Waals surface area (Å²) in [4.78, 5) is 25.0. The standard InChI is InChI=1S/C19H17ClN6O3S/c1-25-15-8-3-11(20)9-14(15)18(27)26(2)16-10-22-19(24-17(16)25)23-12-4-6-13(7-5-12)30(21,28)29/h3-10H,1-2H3,(H2,21,28,29)(H,22,23,24). The van der Waals surface area contributed by atoms with Gasteiger partial charge in [-0.05, 0) is 42.5 Å². The third kappa shape index (κ3) is 3.56. The van der Waals surface area contributed by atoms with E-state index in [1.165, 1.54) is 17.0 Å². The highest BCUT2D eigenvalue weighted by Gasteiger charge is 2.29. The Morgan fingerprint density at radius 3 is 2.40 bits per heavy atom. The van der Waals surface area contributed by atoms with Crippen LogP contribution in [-0.4, -0.2) is 38.4 Å². The predicted octanol–water partition coefficient (Wildman–Crippen LogP) is 2.88. The van der Waals surface area contributed by atoms with Crippen LogP contribution in [0.4, 0.5) is 28.8 Å². The minimum atomic E-state index is -3.77. The van der Waals surface area contributed by atoms with Crippen molar-refractivity contribution in [3.63, 3.8) is 0 Å². The molecule has 30 heavy (non-hydrogen) atoms. The molecule has 0 unspecified atom stereocenters. The fourth-order valence-corrected chi connectivity index (χ4v) is 3.83. The van der Waals surface area contributed by atoms with E-state index in [2.05, 4.69) is 15.3 Å². The third-order valence-corrected chi connectivity index (χ3v) is 5.89. The Labute approximate surface area is 178 Å². The van der Waals surface area contributed by atoms with Gasteiger partial charge in [0.1, 0.15) is 5.69 Å². The average Bonchev–Trinajstić information content (AvgIpc) is 2.78. The van der Waals surface area contributed by atoms with Crippen molar-refractivity contribution in [1.29, 1.82) is 0 Å². The first-order chi connectivity index (χ1) is 14.1. The summed E-state index contributed by atoms with van der Waals surface area (Å²) in [7, 11) is -0.324. The summed E-state index contributed by atoms with van der Waals surface area (Å²) in [6, 6.07) is 11.0. The van der Waals surface area contributed by atoms with Gasteiger partial charge in [0.15, 0.2) is 5.82 Å². The number of aromatic nitrogens is 2. The SMILES string of the molecule is CN1C(=O)c2cc(Cl)ccc2N(C)c2nc(Nc3ccc(S(N)(=O)=O)cc3)ncc21. The van der Waals surface area contributed by atoms with Crippen molar-refractivity contribution in [3.8, 4) is 0 Å². The van der Waals surface area contributed by atoms with Crippen LogP contribution in [-0.2, 0) is 10.0 Å². The minimum Gasteiger partial charge on any atom is -0.327 e. The number of nitrogens with two attached hydrogens (primary N) is 1. The molecule has 1 amide bonds. The van der Waals surface area contributed by atoms with Crippen LogP contribution < -0.4 is 20.3 Å². The Morgan fingerprint density at radius 1 is 1.03 bits per heavy atom. The Hall–Kier alpha value is -3.21. The average molecular weight is 445 g/mol. The zero-order valence-corrected chi connectivity index (χ0v) is 17.6. The minimum absolute atomic E-state index is 0.00559. The first kappa shape index (κ1) is 20.1. The van der Waals surface area contributed by atoms with Crippen LogP contribution >= 0.6 is 11.6 Å². The molecule has 0 atom stereocenters. The fraction of sp³-hybridized carbons (Fsp3) is 0.105. The summed E-state index contributed by atoms with van der Waals surface area (Å²) in [5, 5.41) is 8.61. The summed E-state index contributed by atoms with van der Waals surface area (Å²) in [6.07, 6.45) is 1.55. The molecule has 0 saturated carbocycles. The number of halogens is 1. The van der Waals surface area contributed by atoms with Gasteiger partial charge in [-0.3, -0.25) is 4.79 Å². The number of benzene rings is 2. The van der Waals surface area contributed by atoms with E-state index in [4.69, 9.17) is 16.7 Å². The molecule has 1 aliphatic rings. The number of rotatable bonds is 3. The quantitative estimate of drug-likeness (QED) is 0.636.